The lowest BCUT2D eigenvalue weighted by molar-refractivity contribution is -0.119. The highest BCUT2D eigenvalue weighted by molar-refractivity contribution is 7.14. The molecule has 0 saturated carbocycles. The Morgan fingerprint density at radius 1 is 1.03 bits per heavy atom. The van der Waals surface area contributed by atoms with Gasteiger partial charge in [0.1, 0.15) is 11.5 Å². The van der Waals surface area contributed by atoms with Crippen LogP contribution in [0.3, 0.4) is 0 Å². The first-order valence-electron chi connectivity index (χ1n) is 8.82. The number of nitrogens with one attached hydrogen (secondary N) is 2. The molecule has 2 aromatic carbocycles. The van der Waals surface area contributed by atoms with E-state index in [2.05, 4.69) is 15.6 Å². The number of amides is 2. The van der Waals surface area contributed by atoms with Crippen molar-refractivity contribution in [3.63, 3.8) is 0 Å². The first kappa shape index (κ1) is 20.3. The number of benzene rings is 2. The first-order valence-corrected chi connectivity index (χ1v) is 9.70. The number of hydrogen-bond acceptors (Lipinski definition) is 6. The van der Waals surface area contributed by atoms with Crippen molar-refractivity contribution in [2.45, 2.75) is 13.5 Å². The second kappa shape index (κ2) is 9.20. The summed E-state index contributed by atoms with van der Waals surface area (Å²) in [7, 11) is 3.07. The number of thiazole rings is 1. The van der Waals surface area contributed by atoms with E-state index in [9.17, 15) is 9.59 Å². The number of anilines is 1. The van der Waals surface area contributed by atoms with Crippen LogP contribution in [0.1, 0.15) is 22.8 Å². The van der Waals surface area contributed by atoms with E-state index in [-0.39, 0.29) is 11.8 Å². The fourth-order valence-corrected chi connectivity index (χ4v) is 3.31. The van der Waals surface area contributed by atoms with Crippen LogP contribution in [-0.4, -0.2) is 31.0 Å². The first-order chi connectivity index (χ1) is 14.0. The zero-order chi connectivity index (χ0) is 20.8. The van der Waals surface area contributed by atoms with Crippen molar-refractivity contribution in [3.8, 4) is 22.8 Å². The number of hydrogen-bond donors (Lipinski definition) is 2. The molecule has 3 rings (SSSR count). The summed E-state index contributed by atoms with van der Waals surface area (Å²) in [6.45, 7) is 1.97. The van der Waals surface area contributed by atoms with E-state index >= 15 is 0 Å². The van der Waals surface area contributed by atoms with Crippen molar-refractivity contribution in [3.05, 3.63) is 59.0 Å². The van der Waals surface area contributed by atoms with Crippen LogP contribution < -0.4 is 20.1 Å². The van der Waals surface area contributed by atoms with Gasteiger partial charge in [-0.2, -0.15) is 0 Å². The predicted molar refractivity (Wildman–Crippen MR) is 113 cm³/mol. The molecule has 0 aliphatic carbocycles. The normalized spacial score (nSPS) is 10.3. The van der Waals surface area contributed by atoms with Gasteiger partial charge in [-0.05, 0) is 17.7 Å². The lowest BCUT2D eigenvalue weighted by Crippen LogP contribution is -2.18. The highest BCUT2D eigenvalue weighted by atomic mass is 32.1. The van der Waals surface area contributed by atoms with Gasteiger partial charge in [0.05, 0.1) is 19.9 Å². The van der Waals surface area contributed by atoms with Gasteiger partial charge in [0.15, 0.2) is 5.13 Å². The Morgan fingerprint density at radius 2 is 1.69 bits per heavy atom. The summed E-state index contributed by atoms with van der Waals surface area (Å²) in [5, 5.41) is 7.94. The molecule has 0 atom stereocenters. The summed E-state index contributed by atoms with van der Waals surface area (Å²) in [4.78, 5) is 28.1. The van der Waals surface area contributed by atoms with Gasteiger partial charge < -0.3 is 14.8 Å². The van der Waals surface area contributed by atoms with Gasteiger partial charge in [0, 0.05) is 36.0 Å². The predicted octanol–water partition coefficient (Wildman–Crippen LogP) is 3.72. The zero-order valence-corrected chi connectivity index (χ0v) is 17.1. The van der Waals surface area contributed by atoms with Crippen LogP contribution in [0.25, 0.3) is 11.3 Å². The van der Waals surface area contributed by atoms with E-state index in [0.717, 1.165) is 16.8 Å². The molecule has 1 heterocycles. The third-order valence-electron chi connectivity index (χ3n) is 4.13. The second-order valence-corrected chi connectivity index (χ2v) is 7.06. The molecule has 0 aliphatic heterocycles. The lowest BCUT2D eigenvalue weighted by Gasteiger charge is -2.08. The summed E-state index contributed by atoms with van der Waals surface area (Å²) in [5.74, 6) is 0.707. The number of carbonyl (C=O) groups is 2. The summed E-state index contributed by atoms with van der Waals surface area (Å²) in [5.41, 5.74) is 3.11. The van der Waals surface area contributed by atoms with E-state index in [1.165, 1.54) is 32.5 Å². The average molecular weight is 411 g/mol. The molecule has 0 aliphatic rings. The Balaban J connectivity index is 1.70. The molecule has 7 nitrogen and oxygen atoms in total. The Labute approximate surface area is 172 Å². The van der Waals surface area contributed by atoms with Gasteiger partial charge in [-0.25, -0.2) is 4.98 Å². The Kier molecular flexibility index (Phi) is 6.46. The molecule has 29 heavy (non-hydrogen) atoms. The molecule has 150 valence electrons. The van der Waals surface area contributed by atoms with Gasteiger partial charge in [-0.15, -0.1) is 11.3 Å². The van der Waals surface area contributed by atoms with E-state index in [4.69, 9.17) is 9.47 Å². The van der Waals surface area contributed by atoms with Crippen LogP contribution in [0.2, 0.25) is 0 Å². The molecule has 0 unspecified atom stereocenters. The number of carbonyl (C=O) groups excluding carboxylic acids is 2. The molecule has 2 amide bonds. The van der Waals surface area contributed by atoms with Crippen molar-refractivity contribution >= 4 is 28.3 Å². The molecule has 8 heteroatoms. The Morgan fingerprint density at radius 3 is 2.28 bits per heavy atom. The maximum atomic E-state index is 12.6. The maximum Gasteiger partial charge on any atom is 0.257 e. The maximum absolute atomic E-state index is 12.6. The summed E-state index contributed by atoms with van der Waals surface area (Å²) < 4.78 is 10.4. The van der Waals surface area contributed by atoms with Gasteiger partial charge in [-0.1, -0.05) is 24.3 Å². The second-order valence-electron chi connectivity index (χ2n) is 6.20. The number of rotatable bonds is 7. The number of ether oxygens (including phenoxy) is 2. The van der Waals surface area contributed by atoms with Crippen molar-refractivity contribution < 1.29 is 19.1 Å². The monoisotopic (exact) mass is 411 g/mol. The van der Waals surface area contributed by atoms with E-state index in [0.29, 0.717) is 28.7 Å². The molecule has 0 fully saturated rings. The van der Waals surface area contributed by atoms with Crippen LogP contribution >= 0.6 is 11.3 Å². The molecule has 0 bridgehead atoms. The molecule has 3 aromatic rings. The zero-order valence-electron chi connectivity index (χ0n) is 16.3. The fourth-order valence-electron chi connectivity index (χ4n) is 2.59. The third kappa shape index (κ3) is 5.32. The van der Waals surface area contributed by atoms with Crippen molar-refractivity contribution in [2.24, 2.45) is 0 Å². The van der Waals surface area contributed by atoms with Gasteiger partial charge in [0.2, 0.25) is 5.91 Å². The largest absolute Gasteiger partial charge is 0.497 e. The minimum atomic E-state index is -0.297. The quantitative estimate of drug-likeness (QED) is 0.619. The van der Waals surface area contributed by atoms with Crippen LogP contribution in [0.4, 0.5) is 5.13 Å². The topological polar surface area (TPSA) is 89.6 Å². The van der Waals surface area contributed by atoms with Crippen molar-refractivity contribution in [2.75, 3.05) is 19.5 Å². The molecular weight excluding hydrogens is 390 g/mol. The minimum absolute atomic E-state index is 0.0670. The Bertz CT molecular complexity index is 993. The molecule has 0 spiro atoms. The Hall–Kier alpha value is -3.39. The van der Waals surface area contributed by atoms with Crippen LogP contribution in [-0.2, 0) is 11.3 Å². The summed E-state index contributed by atoms with van der Waals surface area (Å²) in [6, 6.07) is 12.7. The standard InChI is InChI=1S/C21H21N3O4S/c1-13(25)22-11-14-4-6-15(7-5-14)19-12-29-21(23-19)24-20(26)16-8-17(27-2)10-18(9-16)28-3/h4-10,12H,11H2,1-3H3,(H,22,25)(H,23,24,26). The average Bonchev–Trinajstić information content (AvgIpc) is 3.20. The van der Waals surface area contributed by atoms with Crippen LogP contribution in [0.5, 0.6) is 11.5 Å². The third-order valence-corrected chi connectivity index (χ3v) is 4.89. The van der Waals surface area contributed by atoms with Gasteiger partial charge >= 0.3 is 0 Å². The molecule has 1 aromatic heterocycles. The van der Waals surface area contributed by atoms with Crippen molar-refractivity contribution in [1.82, 2.24) is 10.3 Å². The molecule has 0 saturated heterocycles. The molecule has 0 radical (unpaired) electrons. The highest BCUT2D eigenvalue weighted by Crippen LogP contribution is 2.27. The van der Waals surface area contributed by atoms with Crippen LogP contribution in [0, 0.1) is 0 Å². The van der Waals surface area contributed by atoms with Crippen molar-refractivity contribution in [1.29, 1.82) is 0 Å². The SMILES string of the molecule is COc1cc(OC)cc(C(=O)Nc2nc(-c3ccc(CNC(C)=O)cc3)cs2)c1. The van der Waals surface area contributed by atoms with Crippen LogP contribution in [0.15, 0.2) is 47.8 Å². The fraction of sp³-hybridized carbons (Fsp3) is 0.190. The smallest absolute Gasteiger partial charge is 0.257 e. The van der Waals surface area contributed by atoms with E-state index in [1.807, 2.05) is 29.6 Å². The van der Waals surface area contributed by atoms with Gasteiger partial charge in [0.25, 0.3) is 5.91 Å². The number of nitrogens with zero attached hydrogens (tertiary/aromatic N) is 1. The molecule has 2 N–H and O–H groups in total. The van der Waals surface area contributed by atoms with E-state index in [1.54, 1.807) is 18.2 Å². The minimum Gasteiger partial charge on any atom is -0.497 e. The van der Waals surface area contributed by atoms with E-state index < -0.39 is 0 Å². The molecular formula is C21H21N3O4S. The number of methoxy groups -OCH3 is 2. The van der Waals surface area contributed by atoms with Gasteiger partial charge in [-0.3, -0.25) is 14.9 Å². The lowest BCUT2D eigenvalue weighted by atomic mass is 10.1. The highest BCUT2D eigenvalue weighted by Gasteiger charge is 2.13. The number of aromatic nitrogens is 1. The summed E-state index contributed by atoms with van der Waals surface area (Å²) in [6.07, 6.45) is 0. The summed E-state index contributed by atoms with van der Waals surface area (Å²) >= 11 is 1.34.